The topological polar surface area (TPSA) is 40.5 Å². The van der Waals surface area contributed by atoms with Crippen LogP contribution in [0, 0.1) is 34.5 Å². The highest BCUT2D eigenvalue weighted by Crippen LogP contribution is 2.93. The molecule has 4 atom stereocenters. The minimum Gasteiger partial charge on any atom is -0.508 e. The van der Waals surface area contributed by atoms with E-state index in [-0.39, 0.29) is 0 Å². The van der Waals surface area contributed by atoms with Crippen LogP contribution in [0.2, 0.25) is 0 Å². The van der Waals surface area contributed by atoms with Crippen molar-refractivity contribution in [2.24, 2.45) is 34.5 Å². The Morgan fingerprint density at radius 1 is 0.586 bits per heavy atom. The Bertz CT molecular complexity index is 1000. The number of benzene rings is 2. The number of phenols is 2. The summed E-state index contributed by atoms with van der Waals surface area (Å²) in [5, 5.41) is 19.6. The zero-order valence-electron chi connectivity index (χ0n) is 16.8. The third-order valence-corrected chi connectivity index (χ3v) is 11.3. The summed E-state index contributed by atoms with van der Waals surface area (Å²) in [5.41, 5.74) is 5.00. The molecule has 29 heavy (non-hydrogen) atoms. The predicted octanol–water partition coefficient (Wildman–Crippen LogP) is 5.52. The molecule has 9 fully saturated rings. The van der Waals surface area contributed by atoms with Crippen molar-refractivity contribution in [3.63, 3.8) is 0 Å². The molecule has 2 aromatic rings. The largest absolute Gasteiger partial charge is 0.508 e. The predicted molar refractivity (Wildman–Crippen MR) is 111 cm³/mol. The Balaban J connectivity index is 1.24. The van der Waals surface area contributed by atoms with Gasteiger partial charge in [-0.05, 0) is 126 Å². The fraction of sp³-hybridized carbons (Fsp3) is 0.556. The van der Waals surface area contributed by atoms with Crippen LogP contribution >= 0.6 is 0 Å². The van der Waals surface area contributed by atoms with Crippen LogP contribution in [0.25, 0.3) is 0 Å². The van der Waals surface area contributed by atoms with Gasteiger partial charge in [-0.15, -0.1) is 0 Å². The van der Waals surface area contributed by atoms with Gasteiger partial charge in [0.25, 0.3) is 0 Å². The highest BCUT2D eigenvalue weighted by Gasteiger charge is 2.86. The maximum Gasteiger partial charge on any atom is 0.115 e. The molecule has 9 aliphatic rings. The molecule has 11 rings (SSSR count). The van der Waals surface area contributed by atoms with E-state index in [4.69, 9.17) is 0 Å². The number of rotatable bonds is 2. The minimum atomic E-state index is 0.382. The van der Waals surface area contributed by atoms with Crippen molar-refractivity contribution in [1.29, 1.82) is 0 Å². The summed E-state index contributed by atoms with van der Waals surface area (Å²) in [7, 11) is 0. The average molecular weight is 385 g/mol. The van der Waals surface area contributed by atoms with E-state index in [0.717, 1.165) is 23.7 Å². The van der Waals surface area contributed by atoms with Crippen molar-refractivity contribution in [2.45, 2.75) is 55.8 Å². The van der Waals surface area contributed by atoms with Crippen LogP contribution in [-0.4, -0.2) is 10.2 Å². The molecule has 9 aliphatic carbocycles. The molecule has 2 nitrogen and oxygen atoms in total. The van der Waals surface area contributed by atoms with Gasteiger partial charge >= 0.3 is 0 Å². The van der Waals surface area contributed by atoms with E-state index in [1.807, 2.05) is 24.3 Å². The average Bonchev–Trinajstić information content (AvgIpc) is 2.72. The summed E-state index contributed by atoms with van der Waals surface area (Å²) >= 11 is 0. The molecule has 2 spiro atoms. The van der Waals surface area contributed by atoms with Gasteiger partial charge in [-0.1, -0.05) is 24.3 Å². The molecular weight excluding hydrogens is 356 g/mol. The van der Waals surface area contributed by atoms with Crippen molar-refractivity contribution in [1.82, 2.24) is 0 Å². The molecule has 0 aliphatic heterocycles. The van der Waals surface area contributed by atoms with E-state index in [2.05, 4.69) is 24.3 Å². The highest BCUT2D eigenvalue weighted by molar-refractivity contribution is 5.46. The Morgan fingerprint density at radius 3 is 1.66 bits per heavy atom. The van der Waals surface area contributed by atoms with Gasteiger partial charge in [0, 0.05) is 0 Å². The second kappa shape index (κ2) is 4.38. The fourth-order valence-electron chi connectivity index (χ4n) is 11.0. The third kappa shape index (κ3) is 1.50. The first-order chi connectivity index (χ1) is 14.0. The second-order valence-corrected chi connectivity index (χ2v) is 11.9. The smallest absolute Gasteiger partial charge is 0.115 e. The molecule has 148 valence electrons. The van der Waals surface area contributed by atoms with Crippen LogP contribution in [0.15, 0.2) is 48.5 Å². The van der Waals surface area contributed by atoms with E-state index in [9.17, 15) is 10.2 Å². The zero-order valence-corrected chi connectivity index (χ0v) is 16.8. The molecule has 0 saturated heterocycles. The van der Waals surface area contributed by atoms with Gasteiger partial charge in [0.1, 0.15) is 11.5 Å². The molecule has 0 aromatic heterocycles. The fourth-order valence-corrected chi connectivity index (χ4v) is 11.0. The van der Waals surface area contributed by atoms with E-state index >= 15 is 0 Å². The summed E-state index contributed by atoms with van der Waals surface area (Å²) in [6.07, 6.45) is 9.86. The second-order valence-electron chi connectivity index (χ2n) is 11.9. The molecule has 0 amide bonds. The van der Waals surface area contributed by atoms with E-state index in [1.54, 1.807) is 0 Å². The molecule has 0 heterocycles. The summed E-state index contributed by atoms with van der Waals surface area (Å²) < 4.78 is 0. The number of aromatic hydroxyl groups is 2. The monoisotopic (exact) mass is 384 g/mol. The summed E-state index contributed by atoms with van der Waals surface area (Å²) in [6.45, 7) is 0. The van der Waals surface area contributed by atoms with Gasteiger partial charge < -0.3 is 10.2 Å². The molecular formula is C27H28O2. The summed E-state index contributed by atoms with van der Waals surface area (Å²) in [6, 6.07) is 16.5. The molecule has 2 aromatic carbocycles. The zero-order chi connectivity index (χ0) is 19.2. The Hall–Kier alpha value is -1.96. The molecule has 0 radical (unpaired) electrons. The molecule has 2 heteroatoms. The number of hydrogen-bond acceptors (Lipinski definition) is 2. The first-order valence-corrected chi connectivity index (χ1v) is 11.6. The Labute approximate surface area is 172 Å². The first-order valence-electron chi connectivity index (χ1n) is 11.6. The van der Waals surface area contributed by atoms with E-state index < -0.39 is 0 Å². The highest BCUT2D eigenvalue weighted by atomic mass is 16.3. The van der Waals surface area contributed by atoms with Crippen molar-refractivity contribution < 1.29 is 10.2 Å². The van der Waals surface area contributed by atoms with E-state index in [0.29, 0.717) is 33.2 Å². The normalized spacial score (nSPS) is 52.0. The van der Waals surface area contributed by atoms with E-state index in [1.165, 1.54) is 56.1 Å². The molecule has 9 saturated carbocycles. The third-order valence-electron chi connectivity index (χ3n) is 11.3. The number of phenolic OH excluding ortho intramolecular Hbond substituents is 2. The van der Waals surface area contributed by atoms with Gasteiger partial charge in [0.05, 0.1) is 0 Å². The van der Waals surface area contributed by atoms with Crippen LogP contribution in [0.3, 0.4) is 0 Å². The van der Waals surface area contributed by atoms with Crippen molar-refractivity contribution in [3.8, 4) is 11.5 Å². The lowest BCUT2D eigenvalue weighted by Gasteiger charge is -2.91. The summed E-state index contributed by atoms with van der Waals surface area (Å²) in [4.78, 5) is 0. The van der Waals surface area contributed by atoms with Gasteiger partial charge in [-0.25, -0.2) is 0 Å². The van der Waals surface area contributed by atoms with Gasteiger partial charge in [-0.3, -0.25) is 0 Å². The van der Waals surface area contributed by atoms with Crippen molar-refractivity contribution in [3.05, 3.63) is 59.7 Å². The van der Waals surface area contributed by atoms with Gasteiger partial charge in [0.15, 0.2) is 0 Å². The van der Waals surface area contributed by atoms with Gasteiger partial charge in [-0.2, -0.15) is 0 Å². The maximum atomic E-state index is 9.81. The molecule has 8 bridgehead atoms. The number of hydrogen-bond donors (Lipinski definition) is 2. The minimum absolute atomic E-state index is 0.382. The Morgan fingerprint density at radius 2 is 1.10 bits per heavy atom. The van der Waals surface area contributed by atoms with Crippen molar-refractivity contribution in [2.75, 3.05) is 0 Å². The SMILES string of the molecule is Oc1ccc(C23CC4C56CC7(c8ccc(O)cc8)CC([C@H]5C2)[C@@H](C3)C4(C7)C6)cc1. The lowest BCUT2D eigenvalue weighted by Crippen LogP contribution is -2.85. The van der Waals surface area contributed by atoms with Crippen LogP contribution < -0.4 is 0 Å². The molecule has 2 unspecified atom stereocenters. The molecule has 2 N–H and O–H groups in total. The van der Waals surface area contributed by atoms with Crippen molar-refractivity contribution >= 4 is 0 Å². The Kier molecular flexibility index (Phi) is 2.39. The lowest BCUT2D eigenvalue weighted by molar-refractivity contribution is -0.398. The standard InChI is InChI=1S/C27H28O2/c28-18-5-1-16(2-6-18)24-10-21-20-9-25(17-3-7-19(29)8-4-17)13-26(21)15-27(14-25,22(20)11-24)23(26)12-24/h1-8,20-23,28-29H,9-15H2/t20?,21-,22-,23?,24?,25?,26?,27?/m1/s1. The lowest BCUT2D eigenvalue weighted by atomic mass is 9.13. The summed E-state index contributed by atoms with van der Waals surface area (Å²) in [5.74, 6) is 4.48. The van der Waals surface area contributed by atoms with Crippen LogP contribution in [0.4, 0.5) is 0 Å². The van der Waals surface area contributed by atoms with Crippen LogP contribution in [0.1, 0.15) is 56.1 Å². The van der Waals surface area contributed by atoms with Crippen LogP contribution in [-0.2, 0) is 10.8 Å². The quantitative estimate of drug-likeness (QED) is 0.715. The van der Waals surface area contributed by atoms with Gasteiger partial charge in [0.2, 0.25) is 0 Å². The first kappa shape index (κ1) is 15.8. The maximum absolute atomic E-state index is 9.81. The van der Waals surface area contributed by atoms with Crippen LogP contribution in [0.5, 0.6) is 11.5 Å².